The van der Waals surface area contributed by atoms with Gasteiger partial charge in [-0.2, -0.15) is 5.26 Å². The number of nitriles is 1. The zero-order valence-electron chi connectivity index (χ0n) is 8.49. The Balaban J connectivity index is 2.51. The minimum absolute atomic E-state index is 0.0858. The first-order valence-electron chi connectivity index (χ1n) is 4.97. The summed E-state index contributed by atoms with van der Waals surface area (Å²) in [5.74, 6) is 0. The second-order valence-corrected chi connectivity index (χ2v) is 3.54. The van der Waals surface area contributed by atoms with Crippen LogP contribution in [0.15, 0.2) is 0 Å². The number of rotatable bonds is 4. The molecular weight excluding hydrogens is 164 g/mol. The first kappa shape index (κ1) is 10.5. The molecule has 1 heterocycles. The summed E-state index contributed by atoms with van der Waals surface area (Å²) in [6.45, 7) is 3.88. The van der Waals surface area contributed by atoms with Crippen LogP contribution >= 0.6 is 0 Å². The van der Waals surface area contributed by atoms with Crippen LogP contribution in [0.25, 0.3) is 0 Å². The maximum atomic E-state index is 8.94. The van der Waals surface area contributed by atoms with Gasteiger partial charge in [-0.15, -0.1) is 0 Å². The number of hydrogen-bond acceptors (Lipinski definition) is 3. The molecule has 1 aliphatic heterocycles. The average molecular weight is 182 g/mol. The molecule has 0 aromatic rings. The van der Waals surface area contributed by atoms with Gasteiger partial charge in [-0.25, -0.2) is 0 Å². The van der Waals surface area contributed by atoms with E-state index in [1.54, 1.807) is 7.11 Å². The van der Waals surface area contributed by atoms with Crippen LogP contribution in [0.2, 0.25) is 0 Å². The van der Waals surface area contributed by atoms with Gasteiger partial charge in [-0.05, 0) is 25.8 Å². The summed E-state index contributed by atoms with van der Waals surface area (Å²) >= 11 is 0. The second-order valence-electron chi connectivity index (χ2n) is 3.54. The summed E-state index contributed by atoms with van der Waals surface area (Å²) in [7, 11) is 1.73. The molecule has 74 valence electrons. The predicted molar refractivity (Wildman–Crippen MR) is 51.3 cm³/mol. The molecule has 3 nitrogen and oxygen atoms in total. The number of nitrogens with zero attached hydrogens (tertiary/aromatic N) is 2. The van der Waals surface area contributed by atoms with Crippen LogP contribution in [0.4, 0.5) is 0 Å². The monoisotopic (exact) mass is 182 g/mol. The Morgan fingerprint density at radius 3 is 3.00 bits per heavy atom. The summed E-state index contributed by atoms with van der Waals surface area (Å²) in [5, 5.41) is 8.94. The molecule has 0 unspecified atom stereocenters. The SMILES string of the molecule is CC[C@@H](C#N)N1CCC[C@H]1COC. The fraction of sp³-hybridized carbons (Fsp3) is 0.900. The molecule has 1 fully saturated rings. The van der Waals surface area contributed by atoms with E-state index in [-0.39, 0.29) is 6.04 Å². The van der Waals surface area contributed by atoms with E-state index in [0.29, 0.717) is 6.04 Å². The van der Waals surface area contributed by atoms with Gasteiger partial charge in [-0.3, -0.25) is 4.90 Å². The van der Waals surface area contributed by atoms with Crippen LogP contribution in [0.1, 0.15) is 26.2 Å². The molecular formula is C10H18N2O. The highest BCUT2D eigenvalue weighted by Gasteiger charge is 2.29. The Hall–Kier alpha value is -0.590. The van der Waals surface area contributed by atoms with Crippen molar-refractivity contribution in [2.24, 2.45) is 0 Å². The molecule has 0 saturated carbocycles. The maximum Gasteiger partial charge on any atom is 0.0978 e. The minimum Gasteiger partial charge on any atom is -0.383 e. The van der Waals surface area contributed by atoms with Gasteiger partial charge in [0.05, 0.1) is 18.7 Å². The lowest BCUT2D eigenvalue weighted by molar-refractivity contribution is 0.101. The van der Waals surface area contributed by atoms with Crippen molar-refractivity contribution in [3.8, 4) is 6.07 Å². The van der Waals surface area contributed by atoms with Gasteiger partial charge in [-0.1, -0.05) is 6.92 Å². The highest BCUT2D eigenvalue weighted by Crippen LogP contribution is 2.21. The minimum atomic E-state index is 0.0858. The van der Waals surface area contributed by atoms with E-state index in [0.717, 1.165) is 19.6 Å². The Morgan fingerprint density at radius 1 is 1.69 bits per heavy atom. The largest absolute Gasteiger partial charge is 0.383 e. The molecule has 3 heteroatoms. The van der Waals surface area contributed by atoms with Crippen molar-refractivity contribution in [1.29, 1.82) is 5.26 Å². The third kappa shape index (κ3) is 2.43. The van der Waals surface area contributed by atoms with Crippen molar-refractivity contribution in [1.82, 2.24) is 4.90 Å². The number of hydrogen-bond donors (Lipinski definition) is 0. The van der Waals surface area contributed by atoms with Crippen LogP contribution in [0.3, 0.4) is 0 Å². The summed E-state index contributed by atoms with van der Waals surface area (Å²) in [5.41, 5.74) is 0. The van der Waals surface area contributed by atoms with E-state index in [4.69, 9.17) is 10.00 Å². The third-order valence-electron chi connectivity index (χ3n) is 2.72. The van der Waals surface area contributed by atoms with Gasteiger partial charge in [0.15, 0.2) is 0 Å². The highest BCUT2D eigenvalue weighted by atomic mass is 16.5. The van der Waals surface area contributed by atoms with Crippen LogP contribution in [0.5, 0.6) is 0 Å². The second kappa shape index (κ2) is 5.21. The highest BCUT2D eigenvalue weighted by molar-refractivity contribution is 4.96. The standard InChI is InChI=1S/C10H18N2O/c1-3-9(7-11)12-6-4-5-10(12)8-13-2/h9-10H,3-6,8H2,1-2H3/t9-,10-/m0/s1. The van der Waals surface area contributed by atoms with E-state index in [1.807, 2.05) is 0 Å². The zero-order valence-corrected chi connectivity index (χ0v) is 8.49. The van der Waals surface area contributed by atoms with Crippen molar-refractivity contribution >= 4 is 0 Å². The fourth-order valence-corrected chi connectivity index (χ4v) is 2.04. The topological polar surface area (TPSA) is 36.3 Å². The fourth-order valence-electron chi connectivity index (χ4n) is 2.04. The molecule has 13 heavy (non-hydrogen) atoms. The third-order valence-corrected chi connectivity index (χ3v) is 2.72. The molecule has 0 bridgehead atoms. The Kier molecular flexibility index (Phi) is 4.20. The number of likely N-dealkylation sites (tertiary alicyclic amines) is 1. The smallest absolute Gasteiger partial charge is 0.0978 e. The van der Waals surface area contributed by atoms with Gasteiger partial charge in [0.25, 0.3) is 0 Å². The Morgan fingerprint density at radius 2 is 2.46 bits per heavy atom. The molecule has 2 atom stereocenters. The zero-order chi connectivity index (χ0) is 9.68. The van der Waals surface area contributed by atoms with Gasteiger partial charge in [0.2, 0.25) is 0 Å². The molecule has 1 aliphatic rings. The first-order chi connectivity index (χ1) is 6.33. The summed E-state index contributed by atoms with van der Waals surface area (Å²) in [6.07, 6.45) is 3.29. The molecule has 0 aromatic heterocycles. The molecule has 0 aromatic carbocycles. The normalized spacial score (nSPS) is 25.8. The number of ether oxygens (including phenoxy) is 1. The quantitative estimate of drug-likeness (QED) is 0.659. The predicted octanol–water partition coefficient (Wildman–Crippen LogP) is 1.40. The lowest BCUT2D eigenvalue weighted by atomic mass is 10.2. The van der Waals surface area contributed by atoms with Gasteiger partial charge in [0.1, 0.15) is 0 Å². The van der Waals surface area contributed by atoms with E-state index < -0.39 is 0 Å². The van der Waals surface area contributed by atoms with Gasteiger partial charge < -0.3 is 4.74 Å². The maximum absolute atomic E-state index is 8.94. The first-order valence-corrected chi connectivity index (χ1v) is 4.97. The van der Waals surface area contributed by atoms with Crippen LogP contribution in [-0.4, -0.2) is 37.2 Å². The van der Waals surface area contributed by atoms with Crippen molar-refractivity contribution in [2.75, 3.05) is 20.3 Å². The Bertz CT molecular complexity index is 188. The molecule has 1 rings (SSSR count). The summed E-state index contributed by atoms with van der Waals surface area (Å²) in [4.78, 5) is 2.28. The van der Waals surface area contributed by atoms with Crippen LogP contribution < -0.4 is 0 Å². The van der Waals surface area contributed by atoms with Gasteiger partial charge in [0, 0.05) is 13.2 Å². The molecule has 0 spiro atoms. The molecule has 0 amide bonds. The van der Waals surface area contributed by atoms with Crippen molar-refractivity contribution in [3.05, 3.63) is 0 Å². The number of methoxy groups -OCH3 is 1. The van der Waals surface area contributed by atoms with E-state index in [9.17, 15) is 0 Å². The summed E-state index contributed by atoms with van der Waals surface area (Å²) < 4.78 is 5.14. The Labute approximate surface area is 80.3 Å². The van der Waals surface area contributed by atoms with E-state index in [2.05, 4.69) is 17.9 Å². The van der Waals surface area contributed by atoms with E-state index >= 15 is 0 Å². The van der Waals surface area contributed by atoms with Crippen molar-refractivity contribution in [3.63, 3.8) is 0 Å². The molecule has 0 N–H and O–H groups in total. The molecule has 1 saturated heterocycles. The van der Waals surface area contributed by atoms with Gasteiger partial charge >= 0.3 is 0 Å². The van der Waals surface area contributed by atoms with Crippen molar-refractivity contribution in [2.45, 2.75) is 38.3 Å². The summed E-state index contributed by atoms with van der Waals surface area (Å²) in [6, 6.07) is 2.91. The lowest BCUT2D eigenvalue weighted by Crippen LogP contribution is -2.40. The average Bonchev–Trinajstić information content (AvgIpc) is 2.57. The molecule has 0 aliphatic carbocycles. The van der Waals surface area contributed by atoms with Crippen LogP contribution in [-0.2, 0) is 4.74 Å². The molecule has 0 radical (unpaired) electrons. The van der Waals surface area contributed by atoms with Crippen molar-refractivity contribution < 1.29 is 4.74 Å². The van der Waals surface area contributed by atoms with Crippen LogP contribution in [0, 0.1) is 11.3 Å². The van der Waals surface area contributed by atoms with E-state index in [1.165, 1.54) is 12.8 Å². The lowest BCUT2D eigenvalue weighted by Gasteiger charge is -2.27.